The van der Waals surface area contributed by atoms with E-state index in [2.05, 4.69) is 18.3 Å². The molecule has 1 atom stereocenters. The maximum absolute atomic E-state index is 8.78. The lowest BCUT2D eigenvalue weighted by atomic mass is 10.1. The maximum atomic E-state index is 8.78. The van der Waals surface area contributed by atoms with Gasteiger partial charge in [-0.25, -0.2) is 0 Å². The minimum Gasteiger partial charge on any atom is -0.397 e. The number of rotatable bonds is 5. The number of ether oxygens (including phenoxy) is 1. The van der Waals surface area contributed by atoms with Gasteiger partial charge in [-0.05, 0) is 24.1 Å². The molecule has 3 N–H and O–H groups in total. The SMILES string of the molecule is COCC(C)CNc1cc(C#N)ccc1N. The van der Waals surface area contributed by atoms with Crippen molar-refractivity contribution in [3.05, 3.63) is 23.8 Å². The highest BCUT2D eigenvalue weighted by Crippen LogP contribution is 2.19. The fourth-order valence-electron chi connectivity index (χ4n) is 1.41. The molecule has 86 valence electrons. The Bertz CT molecular complexity index is 384. The van der Waals surface area contributed by atoms with E-state index in [4.69, 9.17) is 15.7 Å². The summed E-state index contributed by atoms with van der Waals surface area (Å²) in [6.45, 7) is 3.55. The average Bonchev–Trinajstić information content (AvgIpc) is 2.28. The summed E-state index contributed by atoms with van der Waals surface area (Å²) in [5, 5.41) is 12.0. The zero-order valence-electron chi connectivity index (χ0n) is 9.66. The number of nitrogens with two attached hydrogens (primary N) is 1. The monoisotopic (exact) mass is 219 g/mol. The molecule has 0 spiro atoms. The van der Waals surface area contributed by atoms with Gasteiger partial charge in [-0.3, -0.25) is 0 Å². The second kappa shape index (κ2) is 5.99. The summed E-state index contributed by atoms with van der Waals surface area (Å²) in [4.78, 5) is 0. The third-order valence-corrected chi connectivity index (χ3v) is 2.27. The molecular weight excluding hydrogens is 202 g/mol. The lowest BCUT2D eigenvalue weighted by molar-refractivity contribution is 0.164. The second-order valence-electron chi connectivity index (χ2n) is 3.86. The topological polar surface area (TPSA) is 71.1 Å². The molecule has 0 aliphatic heterocycles. The number of hydrogen-bond donors (Lipinski definition) is 2. The van der Waals surface area contributed by atoms with Crippen LogP contribution in [-0.2, 0) is 4.74 Å². The zero-order valence-corrected chi connectivity index (χ0v) is 9.66. The number of nitrogen functional groups attached to an aromatic ring is 1. The normalized spacial score (nSPS) is 11.8. The number of nitrogens with zero attached hydrogens (tertiary/aromatic N) is 1. The van der Waals surface area contributed by atoms with Crippen molar-refractivity contribution in [3.63, 3.8) is 0 Å². The zero-order chi connectivity index (χ0) is 12.0. The number of hydrogen-bond acceptors (Lipinski definition) is 4. The van der Waals surface area contributed by atoms with E-state index in [-0.39, 0.29) is 0 Å². The first kappa shape index (κ1) is 12.3. The number of benzene rings is 1. The largest absolute Gasteiger partial charge is 0.397 e. The first-order chi connectivity index (χ1) is 7.67. The third-order valence-electron chi connectivity index (χ3n) is 2.27. The quantitative estimate of drug-likeness (QED) is 0.741. The standard InChI is InChI=1S/C12H17N3O/c1-9(8-16-2)7-15-12-5-10(6-13)3-4-11(12)14/h3-5,9,15H,7-8,14H2,1-2H3. The van der Waals surface area contributed by atoms with Crippen molar-refractivity contribution >= 4 is 11.4 Å². The summed E-state index contributed by atoms with van der Waals surface area (Å²) >= 11 is 0. The summed E-state index contributed by atoms with van der Waals surface area (Å²) in [5.74, 6) is 0.398. The van der Waals surface area contributed by atoms with E-state index in [0.717, 1.165) is 12.2 Å². The Morgan fingerprint density at radius 3 is 2.94 bits per heavy atom. The predicted octanol–water partition coefficient (Wildman–Crippen LogP) is 1.83. The van der Waals surface area contributed by atoms with Crippen molar-refractivity contribution in [1.29, 1.82) is 5.26 Å². The van der Waals surface area contributed by atoms with Gasteiger partial charge in [0.2, 0.25) is 0 Å². The lowest BCUT2D eigenvalue weighted by Gasteiger charge is -2.14. The van der Waals surface area contributed by atoms with Crippen LogP contribution in [0.1, 0.15) is 12.5 Å². The van der Waals surface area contributed by atoms with E-state index >= 15 is 0 Å². The van der Waals surface area contributed by atoms with Crippen LogP contribution in [0.25, 0.3) is 0 Å². The van der Waals surface area contributed by atoms with Crippen LogP contribution >= 0.6 is 0 Å². The molecule has 4 nitrogen and oxygen atoms in total. The highest BCUT2D eigenvalue weighted by Gasteiger charge is 2.04. The van der Waals surface area contributed by atoms with E-state index in [1.165, 1.54) is 0 Å². The molecule has 16 heavy (non-hydrogen) atoms. The number of anilines is 2. The smallest absolute Gasteiger partial charge is 0.0992 e. The van der Waals surface area contributed by atoms with Crippen molar-refractivity contribution in [2.24, 2.45) is 5.92 Å². The van der Waals surface area contributed by atoms with E-state index in [1.54, 1.807) is 25.3 Å². The number of nitrogens with one attached hydrogen (secondary N) is 1. The number of nitriles is 1. The van der Waals surface area contributed by atoms with Gasteiger partial charge in [0.05, 0.1) is 29.6 Å². The summed E-state index contributed by atoms with van der Waals surface area (Å²) in [6.07, 6.45) is 0. The molecule has 0 aromatic heterocycles. The Labute approximate surface area is 96.0 Å². The maximum Gasteiger partial charge on any atom is 0.0992 e. The van der Waals surface area contributed by atoms with Gasteiger partial charge < -0.3 is 15.8 Å². The van der Waals surface area contributed by atoms with Crippen LogP contribution in [0.5, 0.6) is 0 Å². The fourth-order valence-corrected chi connectivity index (χ4v) is 1.41. The predicted molar refractivity (Wildman–Crippen MR) is 65.1 cm³/mol. The Morgan fingerprint density at radius 1 is 1.56 bits per heavy atom. The van der Waals surface area contributed by atoms with E-state index in [0.29, 0.717) is 23.8 Å². The second-order valence-corrected chi connectivity index (χ2v) is 3.86. The Kier molecular flexibility index (Phi) is 4.62. The minimum absolute atomic E-state index is 0.398. The van der Waals surface area contributed by atoms with Crippen LogP contribution < -0.4 is 11.1 Å². The molecule has 0 bridgehead atoms. The minimum atomic E-state index is 0.398. The summed E-state index contributed by atoms with van der Waals surface area (Å²) < 4.78 is 5.04. The summed E-state index contributed by atoms with van der Waals surface area (Å²) in [6, 6.07) is 7.29. The molecule has 0 saturated heterocycles. The van der Waals surface area contributed by atoms with Crippen molar-refractivity contribution in [2.45, 2.75) is 6.92 Å². The third kappa shape index (κ3) is 3.44. The van der Waals surface area contributed by atoms with Gasteiger partial charge in [-0.2, -0.15) is 5.26 Å². The average molecular weight is 219 g/mol. The van der Waals surface area contributed by atoms with Crippen molar-refractivity contribution in [3.8, 4) is 6.07 Å². The van der Waals surface area contributed by atoms with Crippen LogP contribution in [-0.4, -0.2) is 20.3 Å². The molecule has 1 unspecified atom stereocenters. The van der Waals surface area contributed by atoms with E-state index in [1.807, 2.05) is 0 Å². The van der Waals surface area contributed by atoms with Gasteiger partial charge in [0.1, 0.15) is 0 Å². The van der Waals surface area contributed by atoms with E-state index in [9.17, 15) is 0 Å². The highest BCUT2D eigenvalue weighted by atomic mass is 16.5. The molecule has 4 heteroatoms. The van der Waals surface area contributed by atoms with Crippen LogP contribution in [0.2, 0.25) is 0 Å². The molecule has 1 aromatic carbocycles. The molecule has 0 saturated carbocycles. The molecule has 0 aliphatic carbocycles. The van der Waals surface area contributed by atoms with Gasteiger partial charge in [-0.15, -0.1) is 0 Å². The van der Waals surface area contributed by atoms with E-state index < -0.39 is 0 Å². The molecule has 0 aliphatic rings. The molecule has 1 rings (SSSR count). The molecule has 0 fully saturated rings. The lowest BCUT2D eigenvalue weighted by Crippen LogP contribution is -2.16. The van der Waals surface area contributed by atoms with Gasteiger partial charge in [0, 0.05) is 13.7 Å². The summed E-state index contributed by atoms with van der Waals surface area (Å²) in [7, 11) is 1.68. The van der Waals surface area contributed by atoms with Crippen LogP contribution in [0.15, 0.2) is 18.2 Å². The van der Waals surface area contributed by atoms with Gasteiger partial charge in [0.25, 0.3) is 0 Å². The molecule has 0 heterocycles. The van der Waals surface area contributed by atoms with Crippen LogP contribution in [0.4, 0.5) is 11.4 Å². The Morgan fingerprint density at radius 2 is 2.31 bits per heavy atom. The first-order valence-corrected chi connectivity index (χ1v) is 5.19. The highest BCUT2D eigenvalue weighted by molar-refractivity contribution is 5.68. The molecular formula is C12H17N3O. The van der Waals surface area contributed by atoms with Crippen LogP contribution in [0.3, 0.4) is 0 Å². The van der Waals surface area contributed by atoms with Gasteiger partial charge in [-0.1, -0.05) is 6.92 Å². The number of methoxy groups -OCH3 is 1. The Hall–Kier alpha value is -1.73. The molecule has 0 amide bonds. The van der Waals surface area contributed by atoms with Crippen molar-refractivity contribution in [2.75, 3.05) is 31.3 Å². The van der Waals surface area contributed by atoms with Crippen molar-refractivity contribution in [1.82, 2.24) is 0 Å². The summed E-state index contributed by atoms with van der Waals surface area (Å²) in [5.41, 5.74) is 7.87. The first-order valence-electron chi connectivity index (χ1n) is 5.19. The van der Waals surface area contributed by atoms with Gasteiger partial charge in [0.15, 0.2) is 0 Å². The molecule has 1 aromatic rings. The van der Waals surface area contributed by atoms with Gasteiger partial charge >= 0.3 is 0 Å². The Balaban J connectivity index is 2.63. The fraction of sp³-hybridized carbons (Fsp3) is 0.417. The van der Waals surface area contributed by atoms with Crippen LogP contribution in [0, 0.1) is 17.2 Å². The molecule has 0 radical (unpaired) electrons. The van der Waals surface area contributed by atoms with Crippen molar-refractivity contribution < 1.29 is 4.74 Å².